The lowest BCUT2D eigenvalue weighted by Crippen LogP contribution is -1.94. The van der Waals surface area contributed by atoms with Crippen molar-refractivity contribution in [3.63, 3.8) is 0 Å². The molecule has 0 aliphatic carbocycles. The average Bonchev–Trinajstić information content (AvgIpc) is 2.09. The molecule has 0 aliphatic heterocycles. The van der Waals surface area contributed by atoms with Crippen molar-refractivity contribution in [1.29, 1.82) is 0 Å². The van der Waals surface area contributed by atoms with Crippen molar-refractivity contribution in [2.75, 3.05) is 7.11 Å². The predicted octanol–water partition coefficient (Wildman–Crippen LogP) is 3.05. The molecule has 0 fully saturated rings. The molecule has 1 aromatic carbocycles. The van der Waals surface area contributed by atoms with E-state index < -0.39 is 0 Å². The van der Waals surface area contributed by atoms with Gasteiger partial charge in [-0.15, -0.1) is 11.6 Å². The molecule has 0 spiro atoms. The minimum absolute atomic E-state index is 0.511. The first kappa shape index (κ1) is 9.40. The van der Waals surface area contributed by atoms with E-state index in [9.17, 15) is 0 Å². The van der Waals surface area contributed by atoms with Gasteiger partial charge in [0.05, 0.1) is 13.0 Å². The number of halogens is 1. The number of hydrogen-bond acceptors (Lipinski definition) is 1. The van der Waals surface area contributed by atoms with E-state index in [1.54, 1.807) is 7.11 Å². The van der Waals surface area contributed by atoms with Crippen LogP contribution in [0.15, 0.2) is 12.1 Å². The number of alkyl halides is 1. The Balaban J connectivity index is 3.25. The van der Waals surface area contributed by atoms with Crippen LogP contribution in [0.4, 0.5) is 0 Å². The quantitative estimate of drug-likeness (QED) is 0.642. The Kier molecular flexibility index (Phi) is 2.99. The zero-order valence-electron chi connectivity index (χ0n) is 7.65. The summed E-state index contributed by atoms with van der Waals surface area (Å²) >= 11 is 5.81. The molecule has 1 rings (SSSR count). The summed E-state index contributed by atoms with van der Waals surface area (Å²) in [6.07, 6.45) is 0. The van der Waals surface area contributed by atoms with E-state index in [4.69, 9.17) is 16.3 Å². The molecule has 1 aromatic rings. The molecule has 12 heavy (non-hydrogen) atoms. The third-order valence-electron chi connectivity index (χ3n) is 2.18. The van der Waals surface area contributed by atoms with E-state index in [0.29, 0.717) is 5.88 Å². The maximum absolute atomic E-state index is 5.81. The Bertz CT molecular complexity index is 281. The van der Waals surface area contributed by atoms with Crippen LogP contribution >= 0.6 is 11.6 Å². The summed E-state index contributed by atoms with van der Waals surface area (Å²) in [6, 6.07) is 4.00. The van der Waals surface area contributed by atoms with Gasteiger partial charge in [0.15, 0.2) is 0 Å². The SMILES string of the molecule is COc1ccc(C)c(C)c1CCl. The number of benzene rings is 1. The molecule has 0 heterocycles. The molecule has 0 radical (unpaired) electrons. The second-order valence-corrected chi connectivity index (χ2v) is 3.09. The van der Waals surface area contributed by atoms with Crippen LogP contribution in [0.3, 0.4) is 0 Å². The van der Waals surface area contributed by atoms with Crippen LogP contribution in [0, 0.1) is 13.8 Å². The van der Waals surface area contributed by atoms with E-state index in [-0.39, 0.29) is 0 Å². The Morgan fingerprint density at radius 2 is 2.00 bits per heavy atom. The molecule has 0 N–H and O–H groups in total. The summed E-state index contributed by atoms with van der Waals surface area (Å²) < 4.78 is 5.19. The van der Waals surface area contributed by atoms with Gasteiger partial charge in [0.2, 0.25) is 0 Å². The van der Waals surface area contributed by atoms with E-state index in [1.807, 2.05) is 12.1 Å². The molecule has 0 aromatic heterocycles. The predicted molar refractivity (Wildman–Crippen MR) is 52.0 cm³/mol. The summed E-state index contributed by atoms with van der Waals surface area (Å²) in [5.74, 6) is 1.39. The Hall–Kier alpha value is -0.690. The van der Waals surface area contributed by atoms with Crippen LogP contribution < -0.4 is 4.74 Å². The van der Waals surface area contributed by atoms with Crippen molar-refractivity contribution in [2.24, 2.45) is 0 Å². The summed E-state index contributed by atoms with van der Waals surface area (Å²) in [5, 5.41) is 0. The second-order valence-electron chi connectivity index (χ2n) is 2.82. The maximum atomic E-state index is 5.81. The Labute approximate surface area is 78.3 Å². The van der Waals surface area contributed by atoms with Gasteiger partial charge in [-0.3, -0.25) is 0 Å². The zero-order valence-corrected chi connectivity index (χ0v) is 8.40. The van der Waals surface area contributed by atoms with Gasteiger partial charge < -0.3 is 4.74 Å². The topological polar surface area (TPSA) is 9.23 Å². The molecule has 0 bridgehead atoms. The molecule has 66 valence electrons. The highest BCUT2D eigenvalue weighted by Crippen LogP contribution is 2.25. The number of methoxy groups -OCH3 is 1. The van der Waals surface area contributed by atoms with Crippen LogP contribution in [-0.4, -0.2) is 7.11 Å². The summed E-state index contributed by atoms with van der Waals surface area (Å²) in [7, 11) is 1.67. The van der Waals surface area contributed by atoms with E-state index in [2.05, 4.69) is 13.8 Å². The molecular weight excluding hydrogens is 172 g/mol. The van der Waals surface area contributed by atoms with Gasteiger partial charge in [-0.05, 0) is 31.0 Å². The minimum Gasteiger partial charge on any atom is -0.496 e. The van der Waals surface area contributed by atoms with Crippen molar-refractivity contribution in [2.45, 2.75) is 19.7 Å². The summed E-state index contributed by atoms with van der Waals surface area (Å²) in [6.45, 7) is 4.14. The summed E-state index contributed by atoms with van der Waals surface area (Å²) in [5.41, 5.74) is 3.58. The van der Waals surface area contributed by atoms with Gasteiger partial charge in [0, 0.05) is 5.56 Å². The normalized spacial score (nSPS) is 10.0. The van der Waals surface area contributed by atoms with E-state index in [1.165, 1.54) is 11.1 Å². The first-order valence-electron chi connectivity index (χ1n) is 3.89. The van der Waals surface area contributed by atoms with Crippen LogP contribution in [0.25, 0.3) is 0 Å². The van der Waals surface area contributed by atoms with Crippen molar-refractivity contribution < 1.29 is 4.74 Å². The van der Waals surface area contributed by atoms with Gasteiger partial charge in [0.1, 0.15) is 5.75 Å². The highest BCUT2D eigenvalue weighted by Gasteiger charge is 2.06. The summed E-state index contributed by atoms with van der Waals surface area (Å²) in [4.78, 5) is 0. The number of aryl methyl sites for hydroxylation is 1. The fraction of sp³-hybridized carbons (Fsp3) is 0.400. The molecule has 0 atom stereocenters. The Morgan fingerprint density at radius 3 is 2.50 bits per heavy atom. The van der Waals surface area contributed by atoms with Crippen LogP contribution in [-0.2, 0) is 5.88 Å². The monoisotopic (exact) mass is 184 g/mol. The number of rotatable bonds is 2. The molecule has 0 amide bonds. The highest BCUT2D eigenvalue weighted by atomic mass is 35.5. The average molecular weight is 185 g/mol. The van der Waals surface area contributed by atoms with Gasteiger partial charge in [0.25, 0.3) is 0 Å². The zero-order chi connectivity index (χ0) is 9.14. The molecule has 0 aliphatic rings. The molecule has 0 unspecified atom stereocenters. The number of ether oxygens (including phenoxy) is 1. The lowest BCUT2D eigenvalue weighted by atomic mass is 10.0. The molecule has 1 nitrogen and oxygen atoms in total. The third-order valence-corrected chi connectivity index (χ3v) is 2.45. The Morgan fingerprint density at radius 1 is 1.33 bits per heavy atom. The molecule has 0 saturated heterocycles. The fourth-order valence-corrected chi connectivity index (χ4v) is 1.54. The maximum Gasteiger partial charge on any atom is 0.123 e. The minimum atomic E-state index is 0.511. The number of hydrogen-bond donors (Lipinski definition) is 0. The van der Waals surface area contributed by atoms with Crippen LogP contribution in [0.2, 0.25) is 0 Å². The first-order chi connectivity index (χ1) is 5.70. The van der Waals surface area contributed by atoms with Gasteiger partial charge in [-0.1, -0.05) is 6.07 Å². The van der Waals surface area contributed by atoms with E-state index in [0.717, 1.165) is 11.3 Å². The third kappa shape index (κ3) is 1.56. The van der Waals surface area contributed by atoms with Gasteiger partial charge in [-0.25, -0.2) is 0 Å². The van der Waals surface area contributed by atoms with Crippen molar-refractivity contribution >= 4 is 11.6 Å². The molecule has 0 saturated carbocycles. The second kappa shape index (κ2) is 3.81. The van der Waals surface area contributed by atoms with E-state index >= 15 is 0 Å². The fourth-order valence-electron chi connectivity index (χ4n) is 1.21. The largest absolute Gasteiger partial charge is 0.496 e. The van der Waals surface area contributed by atoms with Gasteiger partial charge in [-0.2, -0.15) is 0 Å². The standard InChI is InChI=1S/C10H13ClO/c1-7-4-5-10(12-3)9(6-11)8(7)2/h4-5H,6H2,1-3H3. The van der Waals surface area contributed by atoms with Crippen molar-refractivity contribution in [1.82, 2.24) is 0 Å². The van der Waals surface area contributed by atoms with Crippen LogP contribution in [0.1, 0.15) is 16.7 Å². The highest BCUT2D eigenvalue weighted by molar-refractivity contribution is 6.17. The van der Waals surface area contributed by atoms with Crippen LogP contribution in [0.5, 0.6) is 5.75 Å². The smallest absolute Gasteiger partial charge is 0.123 e. The molecular formula is C10H13ClO. The van der Waals surface area contributed by atoms with Crippen molar-refractivity contribution in [3.8, 4) is 5.75 Å². The first-order valence-corrected chi connectivity index (χ1v) is 4.43. The lowest BCUT2D eigenvalue weighted by Gasteiger charge is -2.10. The van der Waals surface area contributed by atoms with Gasteiger partial charge >= 0.3 is 0 Å². The molecule has 2 heteroatoms. The lowest BCUT2D eigenvalue weighted by molar-refractivity contribution is 0.410. The van der Waals surface area contributed by atoms with Crippen molar-refractivity contribution in [3.05, 3.63) is 28.8 Å².